The summed E-state index contributed by atoms with van der Waals surface area (Å²) >= 11 is 6.18. The number of rotatable bonds is 6. The summed E-state index contributed by atoms with van der Waals surface area (Å²) in [5, 5.41) is 10.1. The molecule has 3 aromatic carbocycles. The first-order valence-electron chi connectivity index (χ1n) is 12.6. The monoisotopic (exact) mass is 502 g/mol. The molecule has 3 atom stereocenters. The Labute approximate surface area is 216 Å². The van der Waals surface area contributed by atoms with E-state index >= 15 is 0 Å². The molecule has 0 aliphatic heterocycles. The molecule has 1 N–H and O–H groups in total. The third-order valence-electron chi connectivity index (χ3n) is 7.43. The molecule has 0 spiro atoms. The van der Waals surface area contributed by atoms with E-state index < -0.39 is 5.97 Å². The van der Waals surface area contributed by atoms with E-state index in [4.69, 9.17) is 21.3 Å². The van der Waals surface area contributed by atoms with Crippen LogP contribution in [0.15, 0.2) is 60.7 Å². The highest BCUT2D eigenvalue weighted by atomic mass is 35.5. The van der Waals surface area contributed by atoms with Crippen LogP contribution in [0, 0.1) is 19.8 Å². The Morgan fingerprint density at radius 2 is 1.72 bits per heavy atom. The molecular weight excluding hydrogens is 472 g/mol. The molecule has 0 radical (unpaired) electrons. The van der Waals surface area contributed by atoms with Crippen LogP contribution in [0.2, 0.25) is 5.02 Å². The van der Waals surface area contributed by atoms with Gasteiger partial charge in [0.2, 0.25) is 0 Å². The minimum Gasteiger partial charge on any atom is -0.490 e. The quantitative estimate of drug-likeness (QED) is 0.291. The molecule has 0 amide bonds. The normalized spacial score (nSPS) is 18.8. The van der Waals surface area contributed by atoms with Gasteiger partial charge in [-0.3, -0.25) is 0 Å². The number of carbonyl (C=O) groups is 1. The average Bonchev–Trinajstić information content (AvgIpc) is 3.25. The second-order valence-corrected chi connectivity index (χ2v) is 10.3. The van der Waals surface area contributed by atoms with Gasteiger partial charge in [-0.15, -0.1) is 0 Å². The second kappa shape index (κ2) is 9.98. The van der Waals surface area contributed by atoms with Crippen molar-refractivity contribution in [1.29, 1.82) is 0 Å². The van der Waals surface area contributed by atoms with Crippen LogP contribution in [0.1, 0.15) is 60.1 Å². The van der Waals surface area contributed by atoms with Gasteiger partial charge in [0.05, 0.1) is 16.6 Å². The molecule has 5 rings (SSSR count). The first-order chi connectivity index (χ1) is 17.3. The minimum atomic E-state index is -0.921. The van der Waals surface area contributed by atoms with Crippen molar-refractivity contribution in [3.8, 4) is 17.1 Å². The first-order valence-corrected chi connectivity index (χ1v) is 13.0. The highest BCUT2D eigenvalue weighted by Crippen LogP contribution is 2.42. The van der Waals surface area contributed by atoms with Gasteiger partial charge in [-0.25, -0.2) is 9.78 Å². The number of carboxylic acids is 1. The number of hydrogen-bond acceptors (Lipinski definition) is 3. The van der Waals surface area contributed by atoms with Crippen LogP contribution in [0.25, 0.3) is 22.4 Å². The molecular formula is C30H31ClN2O3. The lowest BCUT2D eigenvalue weighted by Gasteiger charge is -2.38. The molecule has 6 heteroatoms. The molecule has 0 bridgehead atoms. The van der Waals surface area contributed by atoms with Crippen LogP contribution in [0.3, 0.4) is 0 Å². The van der Waals surface area contributed by atoms with E-state index in [9.17, 15) is 9.90 Å². The number of carboxylic acid groups (broad SMARTS) is 1. The molecule has 3 unspecified atom stereocenters. The van der Waals surface area contributed by atoms with Crippen molar-refractivity contribution in [2.75, 3.05) is 0 Å². The van der Waals surface area contributed by atoms with E-state index in [0.717, 1.165) is 65.0 Å². The molecule has 1 saturated carbocycles. The van der Waals surface area contributed by atoms with Gasteiger partial charge in [0, 0.05) is 22.5 Å². The summed E-state index contributed by atoms with van der Waals surface area (Å²) in [4.78, 5) is 16.5. The Bertz CT molecular complexity index is 1390. The molecule has 0 saturated heterocycles. The topological polar surface area (TPSA) is 64.3 Å². The van der Waals surface area contributed by atoms with Crippen molar-refractivity contribution in [3.63, 3.8) is 0 Å². The molecule has 5 nitrogen and oxygen atoms in total. The van der Waals surface area contributed by atoms with Gasteiger partial charge in [-0.1, -0.05) is 36.6 Å². The maximum atomic E-state index is 11.5. The Morgan fingerprint density at radius 1 is 1.06 bits per heavy atom. The van der Waals surface area contributed by atoms with Crippen molar-refractivity contribution < 1.29 is 14.6 Å². The van der Waals surface area contributed by atoms with Crippen molar-refractivity contribution in [1.82, 2.24) is 9.55 Å². The Kier molecular flexibility index (Phi) is 6.76. The predicted molar refractivity (Wildman–Crippen MR) is 144 cm³/mol. The van der Waals surface area contributed by atoms with Crippen molar-refractivity contribution >= 4 is 28.6 Å². The number of hydrogen-bond donors (Lipinski definition) is 1. The molecule has 1 aliphatic carbocycles. The number of imidazole rings is 1. The van der Waals surface area contributed by atoms with Gasteiger partial charge >= 0.3 is 5.97 Å². The summed E-state index contributed by atoms with van der Waals surface area (Å²) in [6.07, 6.45) is 4.38. The van der Waals surface area contributed by atoms with Crippen LogP contribution in [0.4, 0.5) is 0 Å². The standard InChI is InChI=1S/C30H31ClN2O3/c1-18-16-22(30(34)35)17-19(2)28(18)36-20(3)24-8-4-6-10-26(24)33-27-11-7-5-9-25(27)32-29(33)21-12-14-23(31)15-13-21/h5,7,9,11-17,20,24,26H,4,6,8,10H2,1-3H3,(H,34,35). The molecule has 1 aromatic heterocycles. The number of ether oxygens (including phenoxy) is 1. The summed E-state index contributed by atoms with van der Waals surface area (Å²) in [5.74, 6) is 1.09. The maximum Gasteiger partial charge on any atom is 0.335 e. The Balaban J connectivity index is 1.54. The molecule has 4 aromatic rings. The average molecular weight is 503 g/mol. The third-order valence-corrected chi connectivity index (χ3v) is 7.68. The van der Waals surface area contributed by atoms with Crippen LogP contribution in [-0.4, -0.2) is 26.7 Å². The third kappa shape index (κ3) is 4.60. The smallest absolute Gasteiger partial charge is 0.335 e. The number of aromatic carboxylic acids is 1. The number of para-hydroxylation sites is 2. The largest absolute Gasteiger partial charge is 0.490 e. The lowest BCUT2D eigenvalue weighted by molar-refractivity contribution is 0.0696. The van der Waals surface area contributed by atoms with Crippen LogP contribution < -0.4 is 4.74 Å². The SMILES string of the molecule is Cc1cc(C(=O)O)cc(C)c1OC(C)C1CCCCC1n1c(-c2ccc(Cl)cc2)nc2ccccc21. The lowest BCUT2D eigenvalue weighted by atomic mass is 9.80. The molecule has 186 valence electrons. The van der Waals surface area contributed by atoms with Gasteiger partial charge in [0.15, 0.2) is 0 Å². The van der Waals surface area contributed by atoms with E-state index in [1.54, 1.807) is 12.1 Å². The predicted octanol–water partition coefficient (Wildman–Crippen LogP) is 7.87. The number of nitrogens with zero attached hydrogens (tertiary/aromatic N) is 2. The maximum absolute atomic E-state index is 11.5. The fourth-order valence-electron chi connectivity index (χ4n) is 5.72. The fraction of sp³-hybridized carbons (Fsp3) is 0.333. The highest BCUT2D eigenvalue weighted by molar-refractivity contribution is 6.30. The Hall–Kier alpha value is -3.31. The van der Waals surface area contributed by atoms with Crippen molar-refractivity contribution in [2.45, 2.75) is 58.6 Å². The van der Waals surface area contributed by atoms with Crippen molar-refractivity contribution in [2.24, 2.45) is 5.92 Å². The van der Waals surface area contributed by atoms with E-state index in [0.29, 0.717) is 5.02 Å². The number of fused-ring (bicyclic) bond motifs is 1. The fourth-order valence-corrected chi connectivity index (χ4v) is 5.85. The highest BCUT2D eigenvalue weighted by Gasteiger charge is 2.35. The van der Waals surface area contributed by atoms with Crippen LogP contribution >= 0.6 is 11.6 Å². The molecule has 1 aliphatic rings. The van der Waals surface area contributed by atoms with Crippen LogP contribution in [-0.2, 0) is 0 Å². The first kappa shape index (κ1) is 24.4. The van der Waals surface area contributed by atoms with E-state index in [-0.39, 0.29) is 23.6 Å². The number of benzene rings is 3. The lowest BCUT2D eigenvalue weighted by Crippen LogP contribution is -2.35. The summed E-state index contributed by atoms with van der Waals surface area (Å²) in [7, 11) is 0. The Morgan fingerprint density at radius 3 is 2.42 bits per heavy atom. The van der Waals surface area contributed by atoms with E-state index in [2.05, 4.69) is 29.7 Å². The second-order valence-electron chi connectivity index (χ2n) is 9.88. The minimum absolute atomic E-state index is 0.0531. The zero-order valence-corrected chi connectivity index (χ0v) is 21.6. The molecule has 36 heavy (non-hydrogen) atoms. The molecule has 1 fully saturated rings. The summed E-state index contributed by atoms with van der Waals surface area (Å²) in [6, 6.07) is 19.8. The number of halogens is 1. The van der Waals surface area contributed by atoms with Crippen LogP contribution in [0.5, 0.6) is 5.75 Å². The van der Waals surface area contributed by atoms with Gasteiger partial charge in [0.25, 0.3) is 0 Å². The van der Waals surface area contributed by atoms with E-state index in [1.165, 1.54) is 0 Å². The zero-order chi connectivity index (χ0) is 25.4. The summed E-state index contributed by atoms with van der Waals surface area (Å²) < 4.78 is 9.02. The molecule has 1 heterocycles. The summed E-state index contributed by atoms with van der Waals surface area (Å²) in [6.45, 7) is 5.98. The number of aromatic nitrogens is 2. The van der Waals surface area contributed by atoms with Gasteiger partial charge < -0.3 is 14.4 Å². The van der Waals surface area contributed by atoms with Gasteiger partial charge in [0.1, 0.15) is 17.7 Å². The van der Waals surface area contributed by atoms with Crippen molar-refractivity contribution in [3.05, 3.63) is 82.4 Å². The van der Waals surface area contributed by atoms with Gasteiger partial charge in [-0.2, -0.15) is 0 Å². The zero-order valence-electron chi connectivity index (χ0n) is 20.9. The number of aryl methyl sites for hydroxylation is 2. The van der Waals surface area contributed by atoms with E-state index in [1.807, 2.05) is 44.2 Å². The van der Waals surface area contributed by atoms with Gasteiger partial charge in [-0.05, 0) is 93.3 Å². The summed E-state index contributed by atoms with van der Waals surface area (Å²) in [5.41, 5.74) is 5.14.